The molecule has 0 radical (unpaired) electrons. The van der Waals surface area contributed by atoms with Crippen LogP contribution in [-0.2, 0) is 33.7 Å². The van der Waals surface area contributed by atoms with Gasteiger partial charge in [0.15, 0.2) is 5.16 Å². The maximum atomic E-state index is 12.8. The number of benzene rings is 1. The molecular formula is C18H21F3N4O4S. The SMILES string of the molecule is COCCNC(=O)Cn1c(CO)cnc1SCC(=O)Nc1cccc(C(F)(F)F)c1. The van der Waals surface area contributed by atoms with Crippen LogP contribution in [0.25, 0.3) is 0 Å². The van der Waals surface area contributed by atoms with Crippen molar-refractivity contribution in [1.29, 1.82) is 0 Å². The third-order valence-electron chi connectivity index (χ3n) is 3.80. The molecule has 0 aliphatic rings. The average Bonchev–Trinajstić information content (AvgIpc) is 3.07. The number of thioether (sulfide) groups is 1. The van der Waals surface area contributed by atoms with Crippen LogP contribution in [0.5, 0.6) is 0 Å². The standard InChI is InChI=1S/C18H21F3N4O4S/c1-29-6-5-22-15(27)9-25-14(10-26)8-23-17(25)30-11-16(28)24-13-4-2-3-12(7-13)18(19,20)21/h2-4,7-8,26H,5-6,9-11H2,1H3,(H,22,27)(H,24,28). The molecule has 2 rings (SSSR count). The van der Waals surface area contributed by atoms with E-state index in [4.69, 9.17) is 4.74 Å². The van der Waals surface area contributed by atoms with Crippen molar-refractivity contribution in [2.45, 2.75) is 24.5 Å². The van der Waals surface area contributed by atoms with Crippen LogP contribution in [0.2, 0.25) is 0 Å². The lowest BCUT2D eigenvalue weighted by atomic mass is 10.2. The number of alkyl halides is 3. The van der Waals surface area contributed by atoms with Crippen LogP contribution in [0.3, 0.4) is 0 Å². The third-order valence-corrected chi connectivity index (χ3v) is 4.79. The van der Waals surface area contributed by atoms with Gasteiger partial charge in [0, 0.05) is 19.3 Å². The zero-order valence-corrected chi connectivity index (χ0v) is 16.8. The van der Waals surface area contributed by atoms with Crippen LogP contribution in [0.4, 0.5) is 18.9 Å². The minimum absolute atomic E-state index is 0.0207. The van der Waals surface area contributed by atoms with Crippen molar-refractivity contribution < 1.29 is 32.6 Å². The minimum Gasteiger partial charge on any atom is -0.390 e. The number of carbonyl (C=O) groups excluding carboxylic acids is 2. The van der Waals surface area contributed by atoms with E-state index in [1.165, 1.54) is 30.0 Å². The molecule has 2 amide bonds. The average molecular weight is 446 g/mol. The van der Waals surface area contributed by atoms with Gasteiger partial charge < -0.3 is 25.0 Å². The Balaban J connectivity index is 1.97. The number of imidazole rings is 1. The smallest absolute Gasteiger partial charge is 0.390 e. The van der Waals surface area contributed by atoms with E-state index in [-0.39, 0.29) is 30.5 Å². The first-order chi connectivity index (χ1) is 14.2. The fraction of sp³-hybridized carbons (Fsp3) is 0.389. The van der Waals surface area contributed by atoms with Crippen molar-refractivity contribution in [1.82, 2.24) is 14.9 Å². The molecule has 164 valence electrons. The number of rotatable bonds is 10. The Hall–Kier alpha value is -2.57. The zero-order valence-electron chi connectivity index (χ0n) is 16.0. The summed E-state index contributed by atoms with van der Waals surface area (Å²) in [7, 11) is 1.51. The summed E-state index contributed by atoms with van der Waals surface area (Å²) in [6.45, 7) is 0.201. The molecule has 12 heteroatoms. The second kappa shape index (κ2) is 11.0. The van der Waals surface area contributed by atoms with E-state index in [1.807, 2.05) is 0 Å². The van der Waals surface area contributed by atoms with Gasteiger partial charge in [-0.05, 0) is 18.2 Å². The van der Waals surface area contributed by atoms with Gasteiger partial charge in [-0.3, -0.25) is 9.59 Å². The van der Waals surface area contributed by atoms with Crippen LogP contribution in [0, 0.1) is 0 Å². The summed E-state index contributed by atoms with van der Waals surface area (Å²) in [6.07, 6.45) is -3.12. The predicted octanol–water partition coefficient (Wildman–Crippen LogP) is 1.89. The number of anilines is 1. The molecule has 0 atom stereocenters. The number of halogens is 3. The summed E-state index contributed by atoms with van der Waals surface area (Å²) in [5.41, 5.74) is -0.458. The molecule has 0 saturated carbocycles. The quantitative estimate of drug-likeness (QED) is 0.380. The Bertz CT molecular complexity index is 873. The van der Waals surface area contributed by atoms with E-state index in [1.54, 1.807) is 0 Å². The number of aliphatic hydroxyl groups excluding tert-OH is 1. The van der Waals surface area contributed by atoms with Gasteiger partial charge in [0.25, 0.3) is 0 Å². The first-order valence-corrected chi connectivity index (χ1v) is 9.74. The number of ether oxygens (including phenoxy) is 1. The largest absolute Gasteiger partial charge is 0.416 e. The van der Waals surface area contributed by atoms with Crippen LogP contribution in [0.1, 0.15) is 11.3 Å². The summed E-state index contributed by atoms with van der Waals surface area (Å²) in [6, 6.07) is 4.31. The van der Waals surface area contributed by atoms with Crippen molar-refractivity contribution in [3.05, 3.63) is 41.7 Å². The molecule has 0 aliphatic carbocycles. The number of methoxy groups -OCH3 is 1. The lowest BCUT2D eigenvalue weighted by molar-refractivity contribution is -0.137. The number of carbonyl (C=O) groups is 2. The van der Waals surface area contributed by atoms with Gasteiger partial charge in [-0.1, -0.05) is 17.8 Å². The van der Waals surface area contributed by atoms with E-state index in [0.717, 1.165) is 23.9 Å². The van der Waals surface area contributed by atoms with E-state index in [0.29, 0.717) is 24.0 Å². The van der Waals surface area contributed by atoms with Crippen LogP contribution in [-0.4, -0.2) is 52.5 Å². The van der Waals surface area contributed by atoms with Gasteiger partial charge in [-0.15, -0.1) is 0 Å². The van der Waals surface area contributed by atoms with E-state index >= 15 is 0 Å². The fourth-order valence-electron chi connectivity index (χ4n) is 2.39. The summed E-state index contributed by atoms with van der Waals surface area (Å²) < 4.78 is 44.6. The Morgan fingerprint density at radius 2 is 2.07 bits per heavy atom. The molecule has 30 heavy (non-hydrogen) atoms. The summed E-state index contributed by atoms with van der Waals surface area (Å²) >= 11 is 0.992. The number of hydrogen-bond donors (Lipinski definition) is 3. The highest BCUT2D eigenvalue weighted by molar-refractivity contribution is 7.99. The molecule has 1 aromatic heterocycles. The molecule has 0 aliphatic heterocycles. The van der Waals surface area contributed by atoms with E-state index in [2.05, 4.69) is 15.6 Å². The van der Waals surface area contributed by atoms with Gasteiger partial charge in [0.2, 0.25) is 11.8 Å². The van der Waals surface area contributed by atoms with Crippen LogP contribution in [0.15, 0.2) is 35.6 Å². The zero-order chi connectivity index (χ0) is 22.1. The number of hydrogen-bond acceptors (Lipinski definition) is 6. The maximum Gasteiger partial charge on any atom is 0.416 e. The predicted molar refractivity (Wildman–Crippen MR) is 104 cm³/mol. The van der Waals surface area contributed by atoms with Crippen molar-refractivity contribution in [3.8, 4) is 0 Å². The molecule has 0 spiro atoms. The van der Waals surface area contributed by atoms with Crippen molar-refractivity contribution in [2.75, 3.05) is 31.3 Å². The summed E-state index contributed by atoms with van der Waals surface area (Å²) in [5.74, 6) is -1.01. The lowest BCUT2D eigenvalue weighted by Gasteiger charge is -2.12. The van der Waals surface area contributed by atoms with Crippen molar-refractivity contribution >= 4 is 29.3 Å². The summed E-state index contributed by atoms with van der Waals surface area (Å²) in [4.78, 5) is 28.3. The number of aromatic nitrogens is 2. The van der Waals surface area contributed by atoms with Crippen molar-refractivity contribution in [2.24, 2.45) is 0 Å². The fourth-order valence-corrected chi connectivity index (χ4v) is 3.19. The molecule has 0 saturated heterocycles. The molecule has 0 unspecified atom stereocenters. The Morgan fingerprint density at radius 3 is 2.73 bits per heavy atom. The third kappa shape index (κ3) is 7.04. The molecule has 0 fully saturated rings. The van der Waals surface area contributed by atoms with Gasteiger partial charge in [0.1, 0.15) is 6.54 Å². The van der Waals surface area contributed by atoms with E-state index in [9.17, 15) is 27.9 Å². The first kappa shape index (κ1) is 23.7. The topological polar surface area (TPSA) is 105 Å². The van der Waals surface area contributed by atoms with E-state index < -0.39 is 17.6 Å². The van der Waals surface area contributed by atoms with Crippen molar-refractivity contribution in [3.63, 3.8) is 0 Å². The molecule has 0 bridgehead atoms. The Labute approximate surface area is 174 Å². The molecular weight excluding hydrogens is 425 g/mol. The second-order valence-electron chi connectivity index (χ2n) is 6.03. The van der Waals surface area contributed by atoms with Gasteiger partial charge in [-0.25, -0.2) is 4.98 Å². The molecule has 1 heterocycles. The van der Waals surface area contributed by atoms with Gasteiger partial charge in [-0.2, -0.15) is 13.2 Å². The highest BCUT2D eigenvalue weighted by atomic mass is 32.2. The van der Waals surface area contributed by atoms with Gasteiger partial charge in [0.05, 0.1) is 36.4 Å². The first-order valence-electron chi connectivity index (χ1n) is 8.75. The maximum absolute atomic E-state index is 12.8. The minimum atomic E-state index is -4.51. The lowest BCUT2D eigenvalue weighted by Crippen LogP contribution is -2.31. The van der Waals surface area contributed by atoms with Crippen LogP contribution < -0.4 is 10.6 Å². The number of nitrogens with one attached hydrogen (secondary N) is 2. The highest BCUT2D eigenvalue weighted by Gasteiger charge is 2.30. The number of amides is 2. The summed E-state index contributed by atoms with van der Waals surface area (Å²) in [5, 5.41) is 14.8. The monoisotopic (exact) mass is 446 g/mol. The molecule has 8 nitrogen and oxygen atoms in total. The normalized spacial score (nSPS) is 11.4. The molecule has 2 aromatic rings. The molecule has 1 aromatic carbocycles. The Morgan fingerprint density at radius 1 is 1.30 bits per heavy atom. The Kier molecular flexibility index (Phi) is 8.69. The highest BCUT2D eigenvalue weighted by Crippen LogP contribution is 2.30. The number of aliphatic hydroxyl groups is 1. The van der Waals surface area contributed by atoms with Gasteiger partial charge >= 0.3 is 6.18 Å². The second-order valence-corrected chi connectivity index (χ2v) is 6.98. The molecule has 3 N–H and O–H groups in total. The van der Waals surface area contributed by atoms with Crippen LogP contribution >= 0.6 is 11.8 Å². The number of nitrogens with zero attached hydrogens (tertiary/aromatic N) is 2.